The van der Waals surface area contributed by atoms with Crippen molar-refractivity contribution in [3.63, 3.8) is 0 Å². The molecule has 0 saturated carbocycles. The van der Waals surface area contributed by atoms with Gasteiger partial charge in [-0.2, -0.15) is 0 Å². The van der Waals surface area contributed by atoms with Crippen molar-refractivity contribution in [3.05, 3.63) is 37.6 Å². The zero-order valence-electron chi connectivity index (χ0n) is 9.67. The minimum atomic E-state index is -0.607. The third kappa shape index (κ3) is 2.47. The quantitative estimate of drug-likeness (QED) is 0.835. The molecule has 3 atom stereocenters. The molecule has 0 spiro atoms. The van der Waals surface area contributed by atoms with Gasteiger partial charge in [0.1, 0.15) is 6.23 Å². The molecule has 0 bridgehead atoms. The number of ether oxygens (including phenoxy) is 1. The lowest BCUT2D eigenvalue weighted by atomic mass is 10.2. The van der Waals surface area contributed by atoms with Crippen LogP contribution in [0.1, 0.15) is 25.1 Å². The largest absolute Gasteiger partial charge is 0.390 e. The lowest BCUT2D eigenvalue weighted by molar-refractivity contribution is -0.0101. The molecule has 7 heteroatoms. The fourth-order valence-electron chi connectivity index (χ4n) is 1.87. The van der Waals surface area contributed by atoms with E-state index in [-0.39, 0.29) is 6.10 Å². The highest BCUT2D eigenvalue weighted by molar-refractivity contribution is 9.11. The highest BCUT2D eigenvalue weighted by atomic mass is 79.9. The minimum absolute atomic E-state index is 0.324. The van der Waals surface area contributed by atoms with Gasteiger partial charge >= 0.3 is 5.69 Å². The smallest absolute Gasteiger partial charge is 0.330 e. The number of nitrogens with zero attached hydrogens (tertiary/aromatic N) is 1. The van der Waals surface area contributed by atoms with Crippen LogP contribution in [-0.2, 0) is 4.74 Å². The number of rotatable bonds is 2. The first-order valence-electron chi connectivity index (χ1n) is 5.48. The lowest BCUT2D eigenvalue weighted by Crippen LogP contribution is -2.33. The molecule has 18 heavy (non-hydrogen) atoms. The van der Waals surface area contributed by atoms with Gasteiger partial charge < -0.3 is 9.84 Å². The van der Waals surface area contributed by atoms with E-state index in [0.29, 0.717) is 12.0 Å². The zero-order valence-corrected chi connectivity index (χ0v) is 11.3. The van der Waals surface area contributed by atoms with Crippen LogP contribution in [-0.4, -0.2) is 26.9 Å². The van der Waals surface area contributed by atoms with Crippen LogP contribution in [0.2, 0.25) is 0 Å². The van der Waals surface area contributed by atoms with E-state index in [4.69, 9.17) is 4.74 Å². The molecule has 2 heterocycles. The predicted molar refractivity (Wildman–Crippen MR) is 69.5 cm³/mol. The normalized spacial score (nSPS) is 28.1. The Morgan fingerprint density at radius 3 is 2.89 bits per heavy atom. The first kappa shape index (κ1) is 13.3. The van der Waals surface area contributed by atoms with Crippen molar-refractivity contribution in [2.45, 2.75) is 31.8 Å². The van der Waals surface area contributed by atoms with E-state index in [1.54, 1.807) is 6.92 Å². The number of aromatic nitrogens is 2. The van der Waals surface area contributed by atoms with Gasteiger partial charge in [0.05, 0.1) is 17.8 Å². The van der Waals surface area contributed by atoms with Gasteiger partial charge in [-0.3, -0.25) is 14.3 Å². The van der Waals surface area contributed by atoms with Crippen molar-refractivity contribution in [3.8, 4) is 0 Å². The molecule has 0 unspecified atom stereocenters. The van der Waals surface area contributed by atoms with Gasteiger partial charge in [0.25, 0.3) is 5.56 Å². The predicted octanol–water partition coefficient (Wildman–Crippen LogP) is 0.571. The maximum Gasteiger partial charge on any atom is 0.330 e. The first-order valence-corrected chi connectivity index (χ1v) is 6.40. The topological polar surface area (TPSA) is 84.3 Å². The Morgan fingerprint density at radius 1 is 1.61 bits per heavy atom. The van der Waals surface area contributed by atoms with Crippen LogP contribution in [0.15, 0.2) is 20.8 Å². The van der Waals surface area contributed by atoms with Gasteiger partial charge in [-0.05, 0) is 18.0 Å². The minimum Gasteiger partial charge on any atom is -0.390 e. The van der Waals surface area contributed by atoms with Crippen molar-refractivity contribution in [2.75, 3.05) is 0 Å². The van der Waals surface area contributed by atoms with Gasteiger partial charge in [0.15, 0.2) is 0 Å². The highest BCUT2D eigenvalue weighted by Crippen LogP contribution is 2.27. The Kier molecular flexibility index (Phi) is 3.84. The molecule has 2 rings (SSSR count). The van der Waals surface area contributed by atoms with Crippen molar-refractivity contribution in [1.82, 2.24) is 9.55 Å². The summed E-state index contributed by atoms with van der Waals surface area (Å²) in [5.41, 5.74) is -0.666. The molecule has 1 fully saturated rings. The maximum absolute atomic E-state index is 11.7. The lowest BCUT2D eigenvalue weighted by Gasteiger charge is -2.13. The number of nitrogens with one attached hydrogen (secondary N) is 1. The van der Waals surface area contributed by atoms with Gasteiger partial charge in [0.2, 0.25) is 0 Å². The molecule has 1 aromatic heterocycles. The second-order valence-corrected chi connectivity index (χ2v) is 4.67. The van der Waals surface area contributed by atoms with Crippen LogP contribution in [0.4, 0.5) is 0 Å². The maximum atomic E-state index is 11.7. The van der Waals surface area contributed by atoms with E-state index in [1.165, 1.54) is 21.8 Å². The third-order valence-electron chi connectivity index (χ3n) is 2.90. The average Bonchev–Trinajstić information content (AvgIpc) is 2.63. The molecule has 6 nitrogen and oxygen atoms in total. The number of H-pyrrole nitrogens is 1. The summed E-state index contributed by atoms with van der Waals surface area (Å²) in [6, 6.07) is 0. The van der Waals surface area contributed by atoms with E-state index in [1.807, 2.05) is 0 Å². The molecule has 1 aromatic rings. The summed E-state index contributed by atoms with van der Waals surface area (Å²) in [5.74, 6) is 0. The molecule has 0 radical (unpaired) electrons. The second kappa shape index (κ2) is 5.21. The van der Waals surface area contributed by atoms with Gasteiger partial charge in [-0.25, -0.2) is 4.79 Å². The number of aliphatic hydroxyl groups is 1. The summed E-state index contributed by atoms with van der Waals surface area (Å²) in [5, 5.41) is 9.61. The first-order chi connectivity index (χ1) is 8.52. The van der Waals surface area contributed by atoms with E-state index >= 15 is 0 Å². The van der Waals surface area contributed by atoms with Crippen LogP contribution in [0.3, 0.4) is 0 Å². The number of halogens is 1. The number of hydrogen-bond acceptors (Lipinski definition) is 4. The summed E-state index contributed by atoms with van der Waals surface area (Å²) in [7, 11) is 0. The van der Waals surface area contributed by atoms with Crippen molar-refractivity contribution >= 4 is 22.0 Å². The number of aliphatic hydroxyl groups excluding tert-OH is 1. The van der Waals surface area contributed by atoms with Crippen LogP contribution in [0.5, 0.6) is 0 Å². The fraction of sp³-hybridized carbons (Fsp3) is 0.455. The molecular weight excluding hydrogens is 304 g/mol. The Morgan fingerprint density at radius 2 is 2.33 bits per heavy atom. The van der Waals surface area contributed by atoms with Crippen molar-refractivity contribution in [2.24, 2.45) is 0 Å². The molecule has 2 N–H and O–H groups in total. The SMILES string of the molecule is C[C@H]1O[C@@H](n2cc(/C=C/Br)c(=O)[nH]c2=O)C[C@@H]1O. The molecule has 0 amide bonds. The average molecular weight is 317 g/mol. The van der Waals surface area contributed by atoms with E-state index < -0.39 is 23.6 Å². The molecule has 1 aliphatic heterocycles. The standard InChI is InChI=1S/C11H13BrN2O4/c1-6-8(15)4-9(18-6)14-5-7(2-3-12)10(16)13-11(14)17/h2-3,5-6,8-9,15H,4H2,1H3,(H,13,16,17)/b3-2+/t6-,8+,9-/m1/s1. The molecule has 98 valence electrons. The van der Waals surface area contributed by atoms with E-state index in [9.17, 15) is 14.7 Å². The summed E-state index contributed by atoms with van der Waals surface area (Å²) in [4.78, 5) is 26.9. The third-order valence-corrected chi connectivity index (χ3v) is 3.17. The van der Waals surface area contributed by atoms with Crippen LogP contribution < -0.4 is 11.2 Å². The Hall–Kier alpha value is -1.18. The van der Waals surface area contributed by atoms with E-state index in [0.717, 1.165) is 0 Å². The zero-order chi connectivity index (χ0) is 13.3. The van der Waals surface area contributed by atoms with E-state index in [2.05, 4.69) is 20.9 Å². The summed E-state index contributed by atoms with van der Waals surface area (Å²) < 4.78 is 6.76. The summed E-state index contributed by atoms with van der Waals surface area (Å²) in [6.07, 6.45) is 1.79. The summed E-state index contributed by atoms with van der Waals surface area (Å²) in [6.45, 7) is 1.74. The summed E-state index contributed by atoms with van der Waals surface area (Å²) >= 11 is 3.07. The molecule has 1 saturated heterocycles. The highest BCUT2D eigenvalue weighted by Gasteiger charge is 2.32. The molecule has 1 aliphatic rings. The Balaban J connectivity index is 2.42. The van der Waals surface area contributed by atoms with Crippen LogP contribution in [0, 0.1) is 0 Å². The number of hydrogen-bond donors (Lipinski definition) is 2. The van der Waals surface area contributed by atoms with Crippen molar-refractivity contribution in [1.29, 1.82) is 0 Å². The monoisotopic (exact) mass is 316 g/mol. The van der Waals surface area contributed by atoms with Gasteiger partial charge in [0, 0.05) is 12.6 Å². The van der Waals surface area contributed by atoms with Gasteiger partial charge in [-0.1, -0.05) is 15.9 Å². The second-order valence-electron chi connectivity index (χ2n) is 4.14. The molecule has 0 aromatic carbocycles. The van der Waals surface area contributed by atoms with Crippen LogP contribution in [0.25, 0.3) is 6.08 Å². The van der Waals surface area contributed by atoms with Crippen molar-refractivity contribution < 1.29 is 9.84 Å². The number of aromatic amines is 1. The fourth-order valence-corrected chi connectivity index (χ4v) is 2.16. The molecule has 0 aliphatic carbocycles. The Bertz CT molecular complexity index is 567. The van der Waals surface area contributed by atoms with Gasteiger partial charge in [-0.15, -0.1) is 0 Å². The Labute approximate surface area is 111 Å². The molecular formula is C11H13BrN2O4. The van der Waals surface area contributed by atoms with Crippen LogP contribution >= 0.6 is 15.9 Å².